The van der Waals surface area contributed by atoms with Gasteiger partial charge in [-0.15, -0.1) is 0 Å². The Kier molecular flexibility index (Phi) is 5.33. The Morgan fingerprint density at radius 3 is 2.38 bits per heavy atom. The number of amides is 1. The van der Waals surface area contributed by atoms with Crippen LogP contribution < -0.4 is 20.3 Å². The minimum atomic E-state index is -0.0577. The average molecular weight is 325 g/mol. The van der Waals surface area contributed by atoms with Gasteiger partial charge in [0.25, 0.3) is 5.91 Å². The number of rotatable bonds is 5. The summed E-state index contributed by atoms with van der Waals surface area (Å²) in [5.41, 5.74) is 2.90. The Morgan fingerprint density at radius 1 is 1.08 bits per heavy atom. The largest absolute Gasteiger partial charge is 0.497 e. The van der Waals surface area contributed by atoms with Crippen LogP contribution in [0.15, 0.2) is 48.5 Å². The van der Waals surface area contributed by atoms with Crippen molar-refractivity contribution in [3.05, 3.63) is 59.7 Å². The summed E-state index contributed by atoms with van der Waals surface area (Å²) in [5, 5.41) is 6.29. The molecule has 0 aromatic heterocycles. The van der Waals surface area contributed by atoms with E-state index in [0.29, 0.717) is 12.1 Å². The van der Waals surface area contributed by atoms with Crippen molar-refractivity contribution < 1.29 is 9.53 Å². The number of hydrogen-bond donors (Lipinski definition) is 2. The molecule has 0 radical (unpaired) electrons. The maximum atomic E-state index is 12.3. The summed E-state index contributed by atoms with van der Waals surface area (Å²) in [5.74, 6) is 0.756. The van der Waals surface area contributed by atoms with E-state index >= 15 is 0 Å². The molecule has 0 saturated carbocycles. The SMILES string of the molecule is COc1ccc(CNC(=O)c2ccc(N3CCNCC3)cc2)cc1. The Morgan fingerprint density at radius 2 is 1.75 bits per heavy atom. The van der Waals surface area contributed by atoms with Gasteiger partial charge in [0.2, 0.25) is 0 Å². The normalized spacial score (nSPS) is 14.3. The summed E-state index contributed by atoms with van der Waals surface area (Å²) in [6.07, 6.45) is 0. The van der Waals surface area contributed by atoms with Gasteiger partial charge in [0.05, 0.1) is 7.11 Å². The molecule has 1 amide bonds. The molecular formula is C19H23N3O2. The third-order valence-electron chi connectivity index (χ3n) is 4.22. The molecule has 1 saturated heterocycles. The van der Waals surface area contributed by atoms with E-state index in [1.807, 2.05) is 48.5 Å². The minimum Gasteiger partial charge on any atom is -0.497 e. The number of ether oxygens (including phenoxy) is 1. The summed E-state index contributed by atoms with van der Waals surface area (Å²) < 4.78 is 5.13. The van der Waals surface area contributed by atoms with E-state index in [9.17, 15) is 4.79 Å². The van der Waals surface area contributed by atoms with Gasteiger partial charge >= 0.3 is 0 Å². The third kappa shape index (κ3) is 4.06. The van der Waals surface area contributed by atoms with Gasteiger partial charge in [0.15, 0.2) is 0 Å². The van der Waals surface area contributed by atoms with Crippen molar-refractivity contribution in [3.63, 3.8) is 0 Å². The van der Waals surface area contributed by atoms with Crippen LogP contribution in [0.3, 0.4) is 0 Å². The Bertz CT molecular complexity index is 662. The lowest BCUT2D eigenvalue weighted by molar-refractivity contribution is 0.0951. The zero-order valence-electron chi connectivity index (χ0n) is 13.9. The molecule has 0 unspecified atom stereocenters. The number of nitrogens with zero attached hydrogens (tertiary/aromatic N) is 1. The highest BCUT2D eigenvalue weighted by atomic mass is 16.5. The fourth-order valence-corrected chi connectivity index (χ4v) is 2.77. The van der Waals surface area contributed by atoms with E-state index in [1.165, 1.54) is 5.69 Å². The second kappa shape index (κ2) is 7.84. The topological polar surface area (TPSA) is 53.6 Å². The number of carbonyl (C=O) groups is 1. The number of nitrogens with one attached hydrogen (secondary N) is 2. The first-order valence-electron chi connectivity index (χ1n) is 8.23. The van der Waals surface area contributed by atoms with Gasteiger partial charge in [-0.2, -0.15) is 0 Å². The molecule has 5 nitrogen and oxygen atoms in total. The number of hydrogen-bond acceptors (Lipinski definition) is 4. The summed E-state index contributed by atoms with van der Waals surface area (Å²) in [4.78, 5) is 14.6. The lowest BCUT2D eigenvalue weighted by Gasteiger charge is -2.29. The molecule has 1 fully saturated rings. The van der Waals surface area contributed by atoms with E-state index < -0.39 is 0 Å². The first-order valence-corrected chi connectivity index (χ1v) is 8.23. The van der Waals surface area contributed by atoms with Crippen LogP contribution >= 0.6 is 0 Å². The standard InChI is InChI=1S/C19H23N3O2/c1-24-18-8-2-15(3-9-18)14-21-19(23)16-4-6-17(7-5-16)22-12-10-20-11-13-22/h2-9,20H,10-14H2,1H3,(H,21,23). The highest BCUT2D eigenvalue weighted by Crippen LogP contribution is 2.16. The first-order chi connectivity index (χ1) is 11.8. The van der Waals surface area contributed by atoms with Gasteiger partial charge < -0.3 is 20.3 Å². The van der Waals surface area contributed by atoms with Crippen molar-refractivity contribution >= 4 is 11.6 Å². The Hall–Kier alpha value is -2.53. The quantitative estimate of drug-likeness (QED) is 0.883. The minimum absolute atomic E-state index is 0.0577. The van der Waals surface area contributed by atoms with Gasteiger partial charge in [-0.3, -0.25) is 4.79 Å². The summed E-state index contributed by atoms with van der Waals surface area (Å²) in [6.45, 7) is 4.52. The number of anilines is 1. The lowest BCUT2D eigenvalue weighted by atomic mass is 10.1. The second-order valence-corrected chi connectivity index (χ2v) is 5.81. The predicted octanol–water partition coefficient (Wildman–Crippen LogP) is 2.03. The Balaban J connectivity index is 1.56. The van der Waals surface area contributed by atoms with Gasteiger partial charge in [-0.05, 0) is 42.0 Å². The zero-order valence-corrected chi connectivity index (χ0v) is 13.9. The van der Waals surface area contributed by atoms with Crippen LogP contribution in [-0.2, 0) is 6.54 Å². The molecule has 0 bridgehead atoms. The molecule has 24 heavy (non-hydrogen) atoms. The highest BCUT2D eigenvalue weighted by molar-refractivity contribution is 5.94. The monoisotopic (exact) mass is 325 g/mol. The van der Waals surface area contributed by atoms with Gasteiger partial charge in [0, 0.05) is 44.0 Å². The molecule has 0 aliphatic carbocycles. The number of methoxy groups -OCH3 is 1. The predicted molar refractivity (Wildman–Crippen MR) is 95.7 cm³/mol. The molecule has 1 aliphatic rings. The maximum absolute atomic E-state index is 12.3. The van der Waals surface area contributed by atoms with E-state index in [1.54, 1.807) is 7.11 Å². The highest BCUT2D eigenvalue weighted by Gasteiger charge is 2.11. The van der Waals surface area contributed by atoms with Crippen molar-refractivity contribution in [1.29, 1.82) is 0 Å². The lowest BCUT2D eigenvalue weighted by Crippen LogP contribution is -2.43. The van der Waals surface area contributed by atoms with Crippen LogP contribution in [0, 0.1) is 0 Å². The van der Waals surface area contributed by atoms with E-state index in [2.05, 4.69) is 15.5 Å². The van der Waals surface area contributed by atoms with Crippen LogP contribution in [-0.4, -0.2) is 39.2 Å². The first kappa shape index (κ1) is 16.3. The van der Waals surface area contributed by atoms with Crippen molar-refractivity contribution in [2.24, 2.45) is 0 Å². The molecule has 1 aliphatic heterocycles. The van der Waals surface area contributed by atoms with Crippen LogP contribution in [0.2, 0.25) is 0 Å². The summed E-state index contributed by atoms with van der Waals surface area (Å²) in [7, 11) is 1.64. The number of benzene rings is 2. The van der Waals surface area contributed by atoms with Gasteiger partial charge in [-0.25, -0.2) is 0 Å². The van der Waals surface area contributed by atoms with Crippen molar-refractivity contribution in [1.82, 2.24) is 10.6 Å². The van der Waals surface area contributed by atoms with E-state index in [4.69, 9.17) is 4.74 Å². The zero-order chi connectivity index (χ0) is 16.8. The molecule has 0 atom stereocenters. The number of carbonyl (C=O) groups excluding carboxylic acids is 1. The molecule has 3 rings (SSSR count). The molecule has 2 aromatic carbocycles. The number of piperazine rings is 1. The summed E-state index contributed by atoms with van der Waals surface area (Å²) >= 11 is 0. The average Bonchev–Trinajstić information content (AvgIpc) is 2.67. The molecule has 0 spiro atoms. The summed E-state index contributed by atoms with van der Waals surface area (Å²) in [6, 6.07) is 15.5. The fourth-order valence-electron chi connectivity index (χ4n) is 2.77. The maximum Gasteiger partial charge on any atom is 0.251 e. The third-order valence-corrected chi connectivity index (χ3v) is 4.22. The fraction of sp³-hybridized carbons (Fsp3) is 0.316. The van der Waals surface area contributed by atoms with E-state index in [-0.39, 0.29) is 5.91 Å². The van der Waals surface area contributed by atoms with Crippen molar-refractivity contribution in [2.45, 2.75) is 6.54 Å². The smallest absolute Gasteiger partial charge is 0.251 e. The molecule has 2 aromatic rings. The van der Waals surface area contributed by atoms with Crippen molar-refractivity contribution in [3.8, 4) is 5.75 Å². The van der Waals surface area contributed by atoms with Crippen LogP contribution in [0.4, 0.5) is 5.69 Å². The van der Waals surface area contributed by atoms with Gasteiger partial charge in [0.1, 0.15) is 5.75 Å². The molecule has 1 heterocycles. The van der Waals surface area contributed by atoms with Crippen molar-refractivity contribution in [2.75, 3.05) is 38.2 Å². The molecule has 126 valence electrons. The molecule has 5 heteroatoms. The molecular weight excluding hydrogens is 302 g/mol. The van der Waals surface area contributed by atoms with Gasteiger partial charge in [-0.1, -0.05) is 12.1 Å². The van der Waals surface area contributed by atoms with Crippen LogP contribution in [0.5, 0.6) is 5.75 Å². The van der Waals surface area contributed by atoms with E-state index in [0.717, 1.165) is 37.5 Å². The van der Waals surface area contributed by atoms with Crippen LogP contribution in [0.1, 0.15) is 15.9 Å². The van der Waals surface area contributed by atoms with Crippen LogP contribution in [0.25, 0.3) is 0 Å². The Labute approximate surface area is 142 Å². The molecule has 2 N–H and O–H groups in total. The second-order valence-electron chi connectivity index (χ2n) is 5.81.